The fourth-order valence-electron chi connectivity index (χ4n) is 2.87. The van der Waals surface area contributed by atoms with Gasteiger partial charge < -0.3 is 5.32 Å². The minimum Gasteiger partial charge on any atom is -0.307 e. The lowest BCUT2D eigenvalue weighted by atomic mass is 9.90. The van der Waals surface area contributed by atoms with Crippen LogP contribution in [0.1, 0.15) is 57.1 Å². The monoisotopic (exact) mass is 279 g/mol. The molecular formula is C17H23F2N. The average molecular weight is 279 g/mol. The van der Waals surface area contributed by atoms with E-state index in [2.05, 4.69) is 11.4 Å². The first kappa shape index (κ1) is 15.2. The normalized spacial score (nSPS) is 20.6. The fourth-order valence-corrected chi connectivity index (χ4v) is 2.87. The van der Waals surface area contributed by atoms with Crippen molar-refractivity contribution in [2.24, 2.45) is 0 Å². The minimum absolute atomic E-state index is 0.200. The van der Waals surface area contributed by atoms with Gasteiger partial charge in [-0.1, -0.05) is 43.5 Å². The fraction of sp³-hybridized carbons (Fsp3) is 0.529. The van der Waals surface area contributed by atoms with Gasteiger partial charge in [-0.25, -0.2) is 8.78 Å². The van der Waals surface area contributed by atoms with Gasteiger partial charge in [0, 0.05) is 5.56 Å². The van der Waals surface area contributed by atoms with Crippen LogP contribution in [0.3, 0.4) is 0 Å². The number of likely N-dealkylation sites (N-methyl/N-ethyl adjacent to an activating group) is 1. The maximum absolute atomic E-state index is 14.1. The van der Waals surface area contributed by atoms with E-state index < -0.39 is 11.6 Å². The summed E-state index contributed by atoms with van der Waals surface area (Å²) < 4.78 is 27.5. The van der Waals surface area contributed by atoms with E-state index in [1.54, 1.807) is 12.1 Å². The van der Waals surface area contributed by atoms with Gasteiger partial charge in [-0.05, 0) is 38.3 Å². The molecule has 20 heavy (non-hydrogen) atoms. The lowest BCUT2D eigenvalue weighted by molar-refractivity contribution is 0.474. The van der Waals surface area contributed by atoms with Crippen LogP contribution in [0.2, 0.25) is 0 Å². The summed E-state index contributed by atoms with van der Waals surface area (Å²) in [5.41, 5.74) is 1.63. The summed E-state index contributed by atoms with van der Waals surface area (Å²) in [6.07, 6.45) is 9.03. The summed E-state index contributed by atoms with van der Waals surface area (Å²) in [6, 6.07) is 4.25. The highest BCUT2D eigenvalue weighted by molar-refractivity contribution is 5.30. The zero-order valence-electron chi connectivity index (χ0n) is 12.1. The third kappa shape index (κ3) is 3.66. The lowest BCUT2D eigenvalue weighted by Crippen LogP contribution is -2.24. The number of hydrogen-bond donors (Lipinski definition) is 1. The highest BCUT2D eigenvalue weighted by Gasteiger charge is 2.21. The predicted molar refractivity (Wildman–Crippen MR) is 78.6 cm³/mol. The molecular weight excluding hydrogens is 256 g/mol. The standard InChI is InChI=1S/C17H23F2N/c1-2-20-17(13-9-6-4-3-5-7-10-13)14-11-8-12-15(18)16(14)19/h8-9,11-12,17,20H,2-7,10H2,1H3/b13-9+. The van der Waals surface area contributed by atoms with Gasteiger partial charge in [0.1, 0.15) is 0 Å². The number of benzene rings is 1. The van der Waals surface area contributed by atoms with Crippen LogP contribution in [0.25, 0.3) is 0 Å². The van der Waals surface area contributed by atoms with Gasteiger partial charge in [0.15, 0.2) is 11.6 Å². The predicted octanol–water partition coefficient (Wildman–Crippen LogP) is 4.90. The quantitative estimate of drug-likeness (QED) is 0.773. The molecule has 110 valence electrons. The first-order valence-corrected chi connectivity index (χ1v) is 7.60. The Morgan fingerprint density at radius 3 is 2.75 bits per heavy atom. The molecule has 0 saturated heterocycles. The lowest BCUT2D eigenvalue weighted by Gasteiger charge is -2.24. The average Bonchev–Trinajstić information content (AvgIpc) is 2.40. The van der Waals surface area contributed by atoms with E-state index in [9.17, 15) is 8.78 Å². The number of hydrogen-bond acceptors (Lipinski definition) is 1. The second-order valence-corrected chi connectivity index (χ2v) is 5.37. The molecule has 1 aliphatic rings. The van der Waals surface area contributed by atoms with Crippen LogP contribution < -0.4 is 5.32 Å². The molecule has 0 amide bonds. The molecule has 0 radical (unpaired) electrons. The molecule has 1 aromatic carbocycles. The molecule has 0 spiro atoms. The molecule has 0 fully saturated rings. The minimum atomic E-state index is -0.767. The molecule has 3 heteroatoms. The van der Waals surface area contributed by atoms with Crippen molar-refractivity contribution in [3.63, 3.8) is 0 Å². The summed E-state index contributed by atoms with van der Waals surface area (Å²) in [6.45, 7) is 2.73. The largest absolute Gasteiger partial charge is 0.307 e. The molecule has 1 N–H and O–H groups in total. The van der Waals surface area contributed by atoms with Crippen molar-refractivity contribution in [1.29, 1.82) is 0 Å². The Bertz CT molecular complexity index is 468. The molecule has 1 aliphatic carbocycles. The van der Waals surface area contributed by atoms with Crippen LogP contribution in [-0.4, -0.2) is 6.54 Å². The van der Waals surface area contributed by atoms with Crippen molar-refractivity contribution in [2.75, 3.05) is 6.54 Å². The SMILES string of the molecule is CCNC(/C1=C/CCCCCC1)c1cccc(F)c1F. The maximum Gasteiger partial charge on any atom is 0.163 e. The number of halogens is 2. The van der Waals surface area contributed by atoms with E-state index in [0.717, 1.165) is 25.8 Å². The Balaban J connectivity index is 2.31. The van der Waals surface area contributed by atoms with Crippen molar-refractivity contribution >= 4 is 0 Å². The Kier molecular flexibility index (Phi) is 5.72. The molecule has 2 rings (SSSR count). The number of nitrogens with one attached hydrogen (secondary N) is 1. The summed E-state index contributed by atoms with van der Waals surface area (Å²) in [7, 11) is 0. The van der Waals surface area contributed by atoms with E-state index in [4.69, 9.17) is 0 Å². The van der Waals surface area contributed by atoms with E-state index >= 15 is 0 Å². The molecule has 1 nitrogen and oxygen atoms in total. The van der Waals surface area contributed by atoms with Crippen LogP contribution in [0.15, 0.2) is 29.8 Å². The highest BCUT2D eigenvalue weighted by atomic mass is 19.2. The van der Waals surface area contributed by atoms with Crippen molar-refractivity contribution in [3.05, 3.63) is 47.0 Å². The second kappa shape index (κ2) is 7.53. The van der Waals surface area contributed by atoms with Gasteiger partial charge in [0.05, 0.1) is 6.04 Å². The van der Waals surface area contributed by atoms with E-state index in [0.29, 0.717) is 5.56 Å². The van der Waals surface area contributed by atoms with Crippen molar-refractivity contribution in [3.8, 4) is 0 Å². The zero-order valence-corrected chi connectivity index (χ0v) is 12.1. The first-order valence-electron chi connectivity index (χ1n) is 7.60. The van der Waals surface area contributed by atoms with Gasteiger partial charge in [0.25, 0.3) is 0 Å². The van der Waals surface area contributed by atoms with E-state index in [1.165, 1.54) is 30.9 Å². The molecule has 0 aromatic heterocycles. The molecule has 1 unspecified atom stereocenters. The van der Waals surface area contributed by atoms with E-state index in [-0.39, 0.29) is 6.04 Å². The first-order chi connectivity index (χ1) is 9.74. The number of allylic oxidation sites excluding steroid dienone is 1. The smallest absolute Gasteiger partial charge is 0.163 e. The van der Waals surface area contributed by atoms with Gasteiger partial charge in [-0.3, -0.25) is 0 Å². The topological polar surface area (TPSA) is 12.0 Å². The van der Waals surface area contributed by atoms with Gasteiger partial charge in [0.2, 0.25) is 0 Å². The Morgan fingerprint density at radius 2 is 1.95 bits per heavy atom. The highest BCUT2D eigenvalue weighted by Crippen LogP contribution is 2.30. The van der Waals surface area contributed by atoms with Crippen LogP contribution in [-0.2, 0) is 0 Å². The molecule has 0 bridgehead atoms. The van der Waals surface area contributed by atoms with Gasteiger partial charge in [-0.15, -0.1) is 0 Å². The van der Waals surface area contributed by atoms with E-state index in [1.807, 2.05) is 6.92 Å². The van der Waals surface area contributed by atoms with Crippen LogP contribution in [0.5, 0.6) is 0 Å². The molecule has 0 heterocycles. The Hall–Kier alpha value is -1.22. The summed E-state index contributed by atoms with van der Waals surface area (Å²) in [5, 5.41) is 3.31. The molecule has 1 aromatic rings. The van der Waals surface area contributed by atoms with Gasteiger partial charge >= 0.3 is 0 Å². The number of rotatable bonds is 4. The Labute approximate surface area is 120 Å². The summed E-state index contributed by atoms with van der Waals surface area (Å²) in [4.78, 5) is 0. The Morgan fingerprint density at radius 1 is 1.15 bits per heavy atom. The molecule has 0 saturated carbocycles. The third-order valence-corrected chi connectivity index (χ3v) is 3.90. The summed E-state index contributed by atoms with van der Waals surface area (Å²) in [5.74, 6) is -1.49. The van der Waals surface area contributed by atoms with Crippen molar-refractivity contribution < 1.29 is 8.78 Å². The summed E-state index contributed by atoms with van der Waals surface area (Å²) >= 11 is 0. The van der Waals surface area contributed by atoms with Crippen molar-refractivity contribution in [2.45, 2.75) is 51.5 Å². The molecule has 1 atom stereocenters. The maximum atomic E-state index is 14.1. The van der Waals surface area contributed by atoms with Crippen LogP contribution >= 0.6 is 0 Å². The third-order valence-electron chi connectivity index (χ3n) is 3.90. The second-order valence-electron chi connectivity index (χ2n) is 5.37. The zero-order chi connectivity index (χ0) is 14.4. The van der Waals surface area contributed by atoms with Gasteiger partial charge in [-0.2, -0.15) is 0 Å². The van der Waals surface area contributed by atoms with Crippen molar-refractivity contribution in [1.82, 2.24) is 5.32 Å². The van der Waals surface area contributed by atoms with Crippen LogP contribution in [0, 0.1) is 11.6 Å². The molecule has 0 aliphatic heterocycles. The van der Waals surface area contributed by atoms with Crippen LogP contribution in [0.4, 0.5) is 8.78 Å².